The first-order valence-corrected chi connectivity index (χ1v) is 8.70. The van der Waals surface area contributed by atoms with Crippen molar-refractivity contribution in [1.82, 2.24) is 19.8 Å². The number of carbonyl (C=O) groups is 1. The lowest BCUT2D eigenvalue weighted by Gasteiger charge is -2.27. The predicted molar refractivity (Wildman–Crippen MR) is 96.4 cm³/mol. The molecule has 25 heavy (non-hydrogen) atoms. The minimum absolute atomic E-state index is 0.167. The molecular weight excluding hydrogens is 318 g/mol. The monoisotopic (exact) mass is 343 g/mol. The van der Waals surface area contributed by atoms with E-state index in [0.717, 1.165) is 57.1 Å². The van der Waals surface area contributed by atoms with E-state index in [-0.39, 0.29) is 6.03 Å². The van der Waals surface area contributed by atoms with E-state index in [2.05, 4.69) is 26.6 Å². The second-order valence-electron chi connectivity index (χ2n) is 6.08. The third-order valence-electron chi connectivity index (χ3n) is 4.20. The molecule has 1 aromatic heterocycles. The molecule has 134 valence electrons. The summed E-state index contributed by atoms with van der Waals surface area (Å²) < 4.78 is 7.38. The molecule has 1 aliphatic rings. The molecule has 1 fully saturated rings. The van der Waals surface area contributed by atoms with Gasteiger partial charge in [-0.15, -0.1) is 0 Å². The molecule has 7 heteroatoms. The smallest absolute Gasteiger partial charge is 0.319 e. The average Bonchev–Trinajstić information content (AvgIpc) is 3.15. The molecule has 2 amide bonds. The summed E-state index contributed by atoms with van der Waals surface area (Å²) in [6.45, 7) is 5.67. The Bertz CT molecular complexity index is 653. The van der Waals surface area contributed by atoms with Crippen molar-refractivity contribution in [1.29, 1.82) is 0 Å². The largest absolute Gasteiger partial charge is 0.379 e. The van der Waals surface area contributed by atoms with Crippen LogP contribution in [0.5, 0.6) is 0 Å². The molecule has 2 heterocycles. The highest BCUT2D eigenvalue weighted by Crippen LogP contribution is 2.17. The third-order valence-corrected chi connectivity index (χ3v) is 4.20. The number of hydrogen-bond donors (Lipinski definition) is 2. The number of nitrogens with one attached hydrogen (secondary N) is 2. The van der Waals surface area contributed by atoms with Gasteiger partial charge in [-0.25, -0.2) is 9.78 Å². The minimum Gasteiger partial charge on any atom is -0.379 e. The maximum Gasteiger partial charge on any atom is 0.319 e. The van der Waals surface area contributed by atoms with Crippen LogP contribution >= 0.6 is 0 Å². The number of para-hydroxylation sites is 1. The summed E-state index contributed by atoms with van der Waals surface area (Å²) in [4.78, 5) is 18.5. The Balaban J connectivity index is 1.45. The standard InChI is InChI=1S/C18H25N5O2/c24-18(20-6-3-8-23-9-7-19-15-23)21-17-5-2-1-4-16(17)14-22-10-12-25-13-11-22/h1-2,4-5,7,9,15H,3,6,8,10-14H2,(H2,20,21,24). The first kappa shape index (κ1) is 17.4. The first-order chi connectivity index (χ1) is 12.3. The summed E-state index contributed by atoms with van der Waals surface area (Å²) in [6.07, 6.45) is 6.31. The van der Waals surface area contributed by atoms with Gasteiger partial charge in [-0.2, -0.15) is 0 Å². The van der Waals surface area contributed by atoms with Crippen molar-refractivity contribution < 1.29 is 9.53 Å². The van der Waals surface area contributed by atoms with Crippen LogP contribution in [0.3, 0.4) is 0 Å². The van der Waals surface area contributed by atoms with E-state index in [1.54, 1.807) is 12.5 Å². The Morgan fingerprint density at radius 3 is 2.88 bits per heavy atom. The lowest BCUT2D eigenvalue weighted by Crippen LogP contribution is -2.36. The van der Waals surface area contributed by atoms with E-state index in [4.69, 9.17) is 4.74 Å². The lowest BCUT2D eigenvalue weighted by molar-refractivity contribution is 0.0343. The van der Waals surface area contributed by atoms with Gasteiger partial charge in [0.25, 0.3) is 0 Å². The molecule has 1 aliphatic heterocycles. The summed E-state index contributed by atoms with van der Waals surface area (Å²) in [5, 5.41) is 5.87. The van der Waals surface area contributed by atoms with Crippen LogP contribution in [0.15, 0.2) is 43.0 Å². The number of benzene rings is 1. The maximum absolute atomic E-state index is 12.1. The Labute approximate surface area is 148 Å². The number of ether oxygens (including phenoxy) is 1. The van der Waals surface area contributed by atoms with Gasteiger partial charge in [-0.3, -0.25) is 4.90 Å². The molecule has 0 aliphatic carbocycles. The molecule has 2 aromatic rings. The molecule has 1 aromatic carbocycles. The number of rotatable bonds is 7. The van der Waals surface area contributed by atoms with Crippen LogP contribution in [0.4, 0.5) is 10.5 Å². The SMILES string of the molecule is O=C(NCCCn1ccnc1)Nc1ccccc1CN1CCOCC1. The van der Waals surface area contributed by atoms with E-state index >= 15 is 0 Å². The summed E-state index contributed by atoms with van der Waals surface area (Å²) in [5.41, 5.74) is 1.99. The molecule has 7 nitrogen and oxygen atoms in total. The highest BCUT2D eigenvalue weighted by Gasteiger charge is 2.13. The topological polar surface area (TPSA) is 71.4 Å². The zero-order chi connectivity index (χ0) is 17.3. The number of imidazole rings is 1. The van der Waals surface area contributed by atoms with Crippen molar-refractivity contribution in [2.24, 2.45) is 0 Å². The fourth-order valence-electron chi connectivity index (χ4n) is 2.83. The number of urea groups is 1. The molecule has 0 saturated carbocycles. The van der Waals surface area contributed by atoms with Crippen LogP contribution in [-0.2, 0) is 17.8 Å². The molecule has 2 N–H and O–H groups in total. The van der Waals surface area contributed by atoms with Crippen molar-refractivity contribution in [3.8, 4) is 0 Å². The Hall–Kier alpha value is -2.38. The van der Waals surface area contributed by atoms with Crippen molar-refractivity contribution >= 4 is 11.7 Å². The second-order valence-corrected chi connectivity index (χ2v) is 6.08. The number of hydrogen-bond acceptors (Lipinski definition) is 4. The number of amides is 2. The normalized spacial score (nSPS) is 15.0. The van der Waals surface area contributed by atoms with E-state index in [9.17, 15) is 4.79 Å². The van der Waals surface area contributed by atoms with Gasteiger partial charge in [0.1, 0.15) is 0 Å². The van der Waals surface area contributed by atoms with Gasteiger partial charge < -0.3 is 19.9 Å². The molecule has 3 rings (SSSR count). The minimum atomic E-state index is -0.167. The second kappa shape index (κ2) is 9.19. The predicted octanol–water partition coefficient (Wildman–Crippen LogP) is 1.93. The molecule has 0 unspecified atom stereocenters. The van der Waals surface area contributed by atoms with E-state index in [0.29, 0.717) is 6.54 Å². The van der Waals surface area contributed by atoms with Gasteiger partial charge in [0.2, 0.25) is 0 Å². The van der Waals surface area contributed by atoms with Crippen molar-refractivity contribution in [2.75, 3.05) is 38.2 Å². The molecule has 0 atom stereocenters. The number of morpholine rings is 1. The number of anilines is 1. The van der Waals surface area contributed by atoms with Crippen molar-refractivity contribution in [3.63, 3.8) is 0 Å². The highest BCUT2D eigenvalue weighted by molar-refractivity contribution is 5.90. The number of aromatic nitrogens is 2. The van der Waals surface area contributed by atoms with Gasteiger partial charge in [0.15, 0.2) is 0 Å². The molecule has 1 saturated heterocycles. The maximum atomic E-state index is 12.1. The van der Waals surface area contributed by atoms with Gasteiger partial charge in [-0.05, 0) is 18.1 Å². The van der Waals surface area contributed by atoms with Crippen molar-refractivity contribution in [2.45, 2.75) is 19.5 Å². The molecule has 0 bridgehead atoms. The van der Waals surface area contributed by atoms with Crippen LogP contribution in [0.1, 0.15) is 12.0 Å². The van der Waals surface area contributed by atoms with Crippen LogP contribution in [0, 0.1) is 0 Å². The first-order valence-electron chi connectivity index (χ1n) is 8.70. The fraction of sp³-hybridized carbons (Fsp3) is 0.444. The number of carbonyl (C=O) groups excluding carboxylic acids is 1. The Kier molecular flexibility index (Phi) is 6.42. The highest BCUT2D eigenvalue weighted by atomic mass is 16.5. The van der Waals surface area contributed by atoms with Gasteiger partial charge in [-0.1, -0.05) is 18.2 Å². The quantitative estimate of drug-likeness (QED) is 0.754. The van der Waals surface area contributed by atoms with Crippen LogP contribution < -0.4 is 10.6 Å². The lowest BCUT2D eigenvalue weighted by atomic mass is 10.1. The number of aryl methyl sites for hydroxylation is 1. The van der Waals surface area contributed by atoms with E-state index in [1.807, 2.05) is 29.0 Å². The summed E-state index contributed by atoms with van der Waals surface area (Å²) in [6, 6.07) is 7.78. The zero-order valence-corrected chi connectivity index (χ0v) is 14.4. The van der Waals surface area contributed by atoms with Gasteiger partial charge in [0.05, 0.1) is 19.5 Å². The fourth-order valence-corrected chi connectivity index (χ4v) is 2.83. The summed E-state index contributed by atoms with van der Waals surface area (Å²) in [7, 11) is 0. The molecular formula is C18H25N5O2. The van der Waals surface area contributed by atoms with Crippen LogP contribution in [0.2, 0.25) is 0 Å². The summed E-state index contributed by atoms with van der Waals surface area (Å²) in [5.74, 6) is 0. The number of nitrogens with zero attached hydrogens (tertiary/aromatic N) is 3. The van der Waals surface area contributed by atoms with Crippen LogP contribution in [0.25, 0.3) is 0 Å². The van der Waals surface area contributed by atoms with E-state index < -0.39 is 0 Å². The van der Waals surface area contributed by atoms with Gasteiger partial charge in [0, 0.05) is 50.8 Å². The average molecular weight is 343 g/mol. The van der Waals surface area contributed by atoms with Gasteiger partial charge >= 0.3 is 6.03 Å². The molecule has 0 radical (unpaired) electrons. The molecule has 0 spiro atoms. The third kappa shape index (κ3) is 5.58. The Morgan fingerprint density at radius 2 is 2.08 bits per heavy atom. The Morgan fingerprint density at radius 1 is 1.24 bits per heavy atom. The summed E-state index contributed by atoms with van der Waals surface area (Å²) >= 11 is 0. The van der Waals surface area contributed by atoms with Crippen molar-refractivity contribution in [3.05, 3.63) is 48.5 Å². The van der Waals surface area contributed by atoms with Crippen LogP contribution in [-0.4, -0.2) is 53.3 Å². The zero-order valence-electron chi connectivity index (χ0n) is 14.4. The van der Waals surface area contributed by atoms with E-state index in [1.165, 1.54) is 0 Å².